The Kier molecular flexibility index (Phi) is 6.25. The minimum atomic E-state index is -1.91. The van der Waals surface area contributed by atoms with Gasteiger partial charge in [-0.15, -0.1) is 0 Å². The summed E-state index contributed by atoms with van der Waals surface area (Å²) >= 11 is 4.99. The smallest absolute Gasteiger partial charge is 0.177 e. The van der Waals surface area contributed by atoms with Crippen LogP contribution in [0.4, 0.5) is 0 Å². The third kappa shape index (κ3) is 6.75. The summed E-state index contributed by atoms with van der Waals surface area (Å²) in [6.07, 6.45) is -0.649. The first-order valence-electron chi connectivity index (χ1n) is 6.14. The molecule has 6 heteroatoms. The van der Waals surface area contributed by atoms with E-state index in [-0.39, 0.29) is 23.4 Å². The van der Waals surface area contributed by atoms with Gasteiger partial charge >= 0.3 is 0 Å². The number of quaternary nitrogens is 1. The van der Waals surface area contributed by atoms with E-state index in [1.807, 2.05) is 0 Å². The topological polar surface area (TPSA) is 77.4 Å². The summed E-state index contributed by atoms with van der Waals surface area (Å²) in [6, 6.07) is 0. The van der Waals surface area contributed by atoms with Crippen LogP contribution >= 0.6 is 12.2 Å². The summed E-state index contributed by atoms with van der Waals surface area (Å²) in [5, 5.41) is 21.2. The van der Waals surface area contributed by atoms with Crippen LogP contribution in [0, 0.1) is 5.92 Å². The van der Waals surface area contributed by atoms with E-state index >= 15 is 0 Å². The molecule has 19 heavy (non-hydrogen) atoms. The Morgan fingerprint density at radius 1 is 1.37 bits per heavy atom. The molecule has 0 aliphatic rings. The Morgan fingerprint density at radius 2 is 1.84 bits per heavy atom. The van der Waals surface area contributed by atoms with Gasteiger partial charge in [-0.2, -0.15) is 0 Å². The van der Waals surface area contributed by atoms with Gasteiger partial charge in [-0.25, -0.2) is 0 Å². The average molecular weight is 289 g/mol. The molecule has 2 unspecified atom stereocenters. The standard InChI is InChI=1S/C13H23NO4S/c1-9(10(2)19)6-11(15)13(18,7-12(16)17)8-14(3,4)5/h9,18H,6-8H2,1-5H3. The quantitative estimate of drug-likeness (QED) is 0.484. The molecule has 0 amide bonds. The largest absolute Gasteiger partial charge is 0.550 e. The Balaban J connectivity index is 5.08. The summed E-state index contributed by atoms with van der Waals surface area (Å²) in [5.41, 5.74) is -1.91. The predicted molar refractivity (Wildman–Crippen MR) is 74.5 cm³/mol. The molecule has 2 atom stereocenters. The fraction of sp³-hybridized carbons (Fsp3) is 0.769. The third-order valence-electron chi connectivity index (χ3n) is 2.88. The number of aliphatic hydroxyl groups is 1. The molecule has 0 aromatic rings. The number of nitrogens with zero attached hydrogens (tertiary/aromatic N) is 1. The first-order valence-corrected chi connectivity index (χ1v) is 6.54. The van der Waals surface area contributed by atoms with Crippen molar-refractivity contribution in [1.82, 2.24) is 0 Å². The SMILES string of the molecule is CC(=S)C(C)CC(=O)C(O)(CC(=O)[O-])C[N+](C)(C)C. The normalized spacial score (nSPS) is 16.5. The van der Waals surface area contributed by atoms with Gasteiger partial charge in [-0.05, 0) is 17.7 Å². The lowest BCUT2D eigenvalue weighted by molar-refractivity contribution is -0.875. The minimum Gasteiger partial charge on any atom is -0.550 e. The zero-order chi connectivity index (χ0) is 15.4. The lowest BCUT2D eigenvalue weighted by Crippen LogP contribution is -2.56. The number of carbonyl (C=O) groups excluding carboxylic acids is 2. The fourth-order valence-electron chi connectivity index (χ4n) is 1.88. The van der Waals surface area contributed by atoms with Crippen molar-refractivity contribution < 1.29 is 24.3 Å². The maximum Gasteiger partial charge on any atom is 0.177 e. The highest BCUT2D eigenvalue weighted by Gasteiger charge is 2.41. The second-order valence-corrected chi connectivity index (χ2v) is 6.81. The minimum absolute atomic E-state index is 0.0169. The van der Waals surface area contributed by atoms with Crippen LogP contribution in [0.25, 0.3) is 0 Å². The molecule has 0 fully saturated rings. The third-order valence-corrected chi connectivity index (χ3v) is 3.28. The Labute approximate surface area is 119 Å². The van der Waals surface area contributed by atoms with Gasteiger partial charge in [0.25, 0.3) is 0 Å². The number of hydrogen-bond donors (Lipinski definition) is 1. The van der Waals surface area contributed by atoms with Gasteiger partial charge in [0, 0.05) is 18.8 Å². The highest BCUT2D eigenvalue weighted by molar-refractivity contribution is 7.80. The number of likely N-dealkylation sites (N-methyl/N-ethyl adjacent to an activating group) is 1. The number of Topliss-reactive ketones (excluding diaryl/α,β-unsaturated/α-hetero) is 1. The Bertz CT molecular complexity index is 375. The number of ketones is 1. The summed E-state index contributed by atoms with van der Waals surface area (Å²) in [5.74, 6) is -2.10. The number of carbonyl (C=O) groups is 2. The van der Waals surface area contributed by atoms with E-state index in [1.165, 1.54) is 0 Å². The molecule has 0 aliphatic carbocycles. The van der Waals surface area contributed by atoms with Crippen LogP contribution in [-0.4, -0.2) is 59.5 Å². The molecule has 0 saturated heterocycles. The summed E-state index contributed by atoms with van der Waals surface area (Å²) in [6.45, 7) is 3.53. The summed E-state index contributed by atoms with van der Waals surface area (Å²) in [4.78, 5) is 23.6. The van der Waals surface area contributed by atoms with Crippen molar-refractivity contribution in [1.29, 1.82) is 0 Å². The average Bonchev–Trinajstić information content (AvgIpc) is 2.12. The summed E-state index contributed by atoms with van der Waals surface area (Å²) in [7, 11) is 5.34. The number of hydrogen-bond acceptors (Lipinski definition) is 5. The number of thiocarbonyl (C=S) groups is 1. The predicted octanol–water partition coefficient (Wildman–Crippen LogP) is -0.451. The Morgan fingerprint density at radius 3 is 2.16 bits per heavy atom. The van der Waals surface area contributed by atoms with E-state index < -0.39 is 23.8 Å². The van der Waals surface area contributed by atoms with E-state index in [1.54, 1.807) is 35.0 Å². The number of aliphatic carboxylic acids is 1. The van der Waals surface area contributed by atoms with Gasteiger partial charge in [-0.3, -0.25) is 4.79 Å². The van der Waals surface area contributed by atoms with E-state index in [4.69, 9.17) is 12.2 Å². The number of carboxylic acid groups (broad SMARTS) is 1. The van der Waals surface area contributed by atoms with Crippen molar-refractivity contribution >= 4 is 28.8 Å². The van der Waals surface area contributed by atoms with Gasteiger partial charge in [-0.1, -0.05) is 19.1 Å². The molecule has 0 saturated carbocycles. The number of rotatable bonds is 8. The molecular weight excluding hydrogens is 266 g/mol. The molecule has 0 bridgehead atoms. The molecule has 0 radical (unpaired) electrons. The second kappa shape index (κ2) is 6.54. The van der Waals surface area contributed by atoms with Gasteiger partial charge < -0.3 is 19.5 Å². The van der Waals surface area contributed by atoms with E-state index in [0.29, 0.717) is 4.86 Å². The van der Waals surface area contributed by atoms with Gasteiger partial charge in [0.1, 0.15) is 6.54 Å². The van der Waals surface area contributed by atoms with Crippen LogP contribution in [0.1, 0.15) is 26.7 Å². The van der Waals surface area contributed by atoms with Crippen molar-refractivity contribution in [3.05, 3.63) is 0 Å². The highest BCUT2D eigenvalue weighted by atomic mass is 32.1. The monoisotopic (exact) mass is 289 g/mol. The van der Waals surface area contributed by atoms with Crippen LogP contribution in [0.2, 0.25) is 0 Å². The fourth-order valence-corrected chi connectivity index (χ4v) is 1.96. The number of carboxylic acids is 1. The van der Waals surface area contributed by atoms with Crippen LogP contribution < -0.4 is 5.11 Å². The van der Waals surface area contributed by atoms with Crippen LogP contribution in [0.15, 0.2) is 0 Å². The van der Waals surface area contributed by atoms with Crippen LogP contribution in [0.3, 0.4) is 0 Å². The molecule has 5 nitrogen and oxygen atoms in total. The van der Waals surface area contributed by atoms with Gasteiger partial charge in [0.15, 0.2) is 11.4 Å². The lowest BCUT2D eigenvalue weighted by atomic mass is 9.87. The zero-order valence-electron chi connectivity index (χ0n) is 12.2. The molecule has 0 spiro atoms. The summed E-state index contributed by atoms with van der Waals surface area (Å²) < 4.78 is 0.278. The Hall–Kier alpha value is -0.850. The van der Waals surface area contributed by atoms with Crippen molar-refractivity contribution in [2.75, 3.05) is 27.7 Å². The molecule has 110 valence electrons. The first kappa shape index (κ1) is 18.1. The highest BCUT2D eigenvalue weighted by Crippen LogP contribution is 2.20. The van der Waals surface area contributed by atoms with E-state index in [2.05, 4.69) is 0 Å². The van der Waals surface area contributed by atoms with Gasteiger partial charge in [0.2, 0.25) is 0 Å². The van der Waals surface area contributed by atoms with E-state index in [0.717, 1.165) is 0 Å². The molecule has 0 aromatic heterocycles. The molecular formula is C13H23NO4S. The van der Waals surface area contributed by atoms with Crippen molar-refractivity contribution in [2.45, 2.75) is 32.3 Å². The first-order chi connectivity index (χ1) is 8.37. The maximum absolute atomic E-state index is 12.2. The lowest BCUT2D eigenvalue weighted by Gasteiger charge is -2.35. The van der Waals surface area contributed by atoms with E-state index in [9.17, 15) is 19.8 Å². The second-order valence-electron chi connectivity index (χ2n) is 6.17. The van der Waals surface area contributed by atoms with Gasteiger partial charge in [0.05, 0.1) is 21.1 Å². The van der Waals surface area contributed by atoms with Crippen molar-refractivity contribution in [3.8, 4) is 0 Å². The maximum atomic E-state index is 12.2. The van der Waals surface area contributed by atoms with Crippen LogP contribution in [0.5, 0.6) is 0 Å². The molecule has 0 rings (SSSR count). The molecule has 0 aliphatic heterocycles. The zero-order valence-corrected chi connectivity index (χ0v) is 13.0. The molecule has 0 aromatic carbocycles. The van der Waals surface area contributed by atoms with Crippen molar-refractivity contribution in [2.24, 2.45) is 5.92 Å². The molecule has 1 N–H and O–H groups in total. The van der Waals surface area contributed by atoms with Crippen LogP contribution in [-0.2, 0) is 9.59 Å². The van der Waals surface area contributed by atoms with Crippen molar-refractivity contribution in [3.63, 3.8) is 0 Å². The molecule has 0 heterocycles.